The second-order valence-electron chi connectivity index (χ2n) is 1.63. The molecular formula is C4H4Cl2N4S. The normalized spacial score (nSPS) is 12.0. The monoisotopic (exact) mass is 210 g/mol. The second kappa shape index (κ2) is 3.25. The molecule has 1 heterocycles. The fraction of sp³-hybridized carbons (Fsp3) is 0. The van der Waals surface area contributed by atoms with Crippen molar-refractivity contribution in [1.82, 2.24) is 4.37 Å². The van der Waals surface area contributed by atoms with E-state index < -0.39 is 0 Å². The third-order valence-corrected chi connectivity index (χ3v) is 2.59. The van der Waals surface area contributed by atoms with E-state index in [4.69, 9.17) is 34.8 Å². The molecule has 0 amide bonds. The van der Waals surface area contributed by atoms with Crippen LogP contribution in [-0.4, -0.2) is 10.2 Å². The summed E-state index contributed by atoms with van der Waals surface area (Å²) in [4.78, 5) is 0. The molecule has 11 heavy (non-hydrogen) atoms. The maximum absolute atomic E-state index is 5.68. The average molecular weight is 211 g/mol. The quantitative estimate of drug-likeness (QED) is 0.315. The lowest BCUT2D eigenvalue weighted by molar-refractivity contribution is 1.22. The number of halogens is 2. The van der Waals surface area contributed by atoms with E-state index >= 15 is 0 Å². The van der Waals surface area contributed by atoms with Gasteiger partial charge in [-0.1, -0.05) is 23.2 Å². The van der Waals surface area contributed by atoms with E-state index in [9.17, 15) is 0 Å². The summed E-state index contributed by atoms with van der Waals surface area (Å²) < 4.78 is 4.21. The predicted octanol–water partition coefficient (Wildman–Crippen LogP) is 1.03. The molecule has 0 aliphatic rings. The van der Waals surface area contributed by atoms with Gasteiger partial charge in [0.05, 0.1) is 0 Å². The van der Waals surface area contributed by atoms with Crippen LogP contribution < -0.4 is 11.6 Å². The predicted molar refractivity (Wildman–Crippen MR) is 47.0 cm³/mol. The lowest BCUT2D eigenvalue weighted by Gasteiger charge is -1.91. The van der Waals surface area contributed by atoms with Gasteiger partial charge in [0.25, 0.3) is 0 Å². The zero-order valence-electron chi connectivity index (χ0n) is 5.21. The maximum atomic E-state index is 5.68. The minimum absolute atomic E-state index is 0.0816. The molecule has 0 aliphatic heterocycles. The molecule has 0 unspecified atom stereocenters. The van der Waals surface area contributed by atoms with Gasteiger partial charge >= 0.3 is 0 Å². The number of hydrogen-bond acceptors (Lipinski definition) is 4. The highest BCUT2D eigenvalue weighted by Gasteiger charge is 2.12. The Morgan fingerprint density at radius 2 is 2.18 bits per heavy atom. The van der Waals surface area contributed by atoms with Crippen LogP contribution in [0.15, 0.2) is 5.10 Å². The van der Waals surface area contributed by atoms with Crippen LogP contribution in [0.2, 0.25) is 9.36 Å². The van der Waals surface area contributed by atoms with Crippen LogP contribution in [0.25, 0.3) is 0 Å². The van der Waals surface area contributed by atoms with Gasteiger partial charge in [0.15, 0.2) is 5.84 Å². The van der Waals surface area contributed by atoms with Gasteiger partial charge in [-0.05, 0) is 11.5 Å². The highest BCUT2D eigenvalue weighted by molar-refractivity contribution is 7.11. The highest BCUT2D eigenvalue weighted by atomic mass is 35.5. The van der Waals surface area contributed by atoms with Crippen molar-refractivity contribution in [1.29, 1.82) is 0 Å². The highest BCUT2D eigenvalue weighted by Crippen LogP contribution is 2.28. The first kappa shape index (κ1) is 8.58. The van der Waals surface area contributed by atoms with Crippen LogP contribution in [0.3, 0.4) is 0 Å². The van der Waals surface area contributed by atoms with Gasteiger partial charge in [-0.2, -0.15) is 9.47 Å². The van der Waals surface area contributed by atoms with Crippen molar-refractivity contribution in [2.24, 2.45) is 16.7 Å². The van der Waals surface area contributed by atoms with Gasteiger partial charge in [0, 0.05) is 0 Å². The van der Waals surface area contributed by atoms with Gasteiger partial charge in [-0.25, -0.2) is 0 Å². The van der Waals surface area contributed by atoms with E-state index in [1.807, 2.05) is 0 Å². The van der Waals surface area contributed by atoms with Gasteiger partial charge in [-0.15, -0.1) is 0 Å². The summed E-state index contributed by atoms with van der Waals surface area (Å²) in [5.74, 6) is 4.99. The van der Waals surface area contributed by atoms with Gasteiger partial charge in [0.2, 0.25) is 0 Å². The van der Waals surface area contributed by atoms with E-state index in [-0.39, 0.29) is 5.84 Å². The molecule has 60 valence electrons. The molecule has 0 aliphatic carbocycles. The Hall–Kier alpha value is -0.520. The number of rotatable bonds is 1. The molecule has 0 aromatic carbocycles. The summed E-state index contributed by atoms with van der Waals surface area (Å²) in [6.07, 6.45) is 0. The summed E-state index contributed by atoms with van der Waals surface area (Å²) in [7, 11) is 0. The summed E-state index contributed by atoms with van der Waals surface area (Å²) in [5.41, 5.74) is 5.67. The molecule has 7 heteroatoms. The molecule has 0 radical (unpaired) electrons. The number of hydrogen-bond donors (Lipinski definition) is 2. The van der Waals surface area contributed by atoms with Crippen molar-refractivity contribution in [3.05, 3.63) is 15.1 Å². The molecule has 1 rings (SSSR count). The third kappa shape index (κ3) is 1.55. The summed E-state index contributed by atoms with van der Waals surface area (Å²) >= 11 is 12.3. The minimum Gasteiger partial charge on any atom is -0.380 e. The fourth-order valence-electron chi connectivity index (χ4n) is 0.479. The number of hydrazone groups is 1. The standard InChI is InChI=1S/C4H4Cl2N4S/c5-1-2(4(7)9-8)10-11-3(1)6/h8H2,(H2,7,9). The Morgan fingerprint density at radius 1 is 1.55 bits per heavy atom. The smallest absolute Gasteiger partial charge is 0.171 e. The van der Waals surface area contributed by atoms with E-state index in [1.54, 1.807) is 0 Å². The van der Waals surface area contributed by atoms with Gasteiger partial charge in [0.1, 0.15) is 15.1 Å². The summed E-state index contributed by atoms with van der Waals surface area (Å²) in [5, 5.41) is 3.52. The molecule has 0 bridgehead atoms. The molecule has 4 N–H and O–H groups in total. The fourth-order valence-corrected chi connectivity index (χ4v) is 1.50. The van der Waals surface area contributed by atoms with E-state index in [0.717, 1.165) is 11.5 Å². The Kier molecular flexibility index (Phi) is 2.53. The van der Waals surface area contributed by atoms with Crippen molar-refractivity contribution in [3.63, 3.8) is 0 Å². The average Bonchev–Trinajstić information content (AvgIpc) is 2.32. The van der Waals surface area contributed by atoms with Crippen LogP contribution in [0.1, 0.15) is 5.69 Å². The van der Waals surface area contributed by atoms with Crippen molar-refractivity contribution in [2.45, 2.75) is 0 Å². The molecule has 0 atom stereocenters. The van der Waals surface area contributed by atoms with Crippen LogP contribution >= 0.6 is 34.7 Å². The number of amidine groups is 1. The van der Waals surface area contributed by atoms with Crippen LogP contribution in [0.5, 0.6) is 0 Å². The Balaban J connectivity index is 3.15. The largest absolute Gasteiger partial charge is 0.380 e. The molecule has 0 saturated heterocycles. The minimum atomic E-state index is 0.0816. The zero-order chi connectivity index (χ0) is 8.43. The first-order valence-electron chi connectivity index (χ1n) is 2.51. The molecule has 1 aromatic heterocycles. The van der Waals surface area contributed by atoms with Crippen LogP contribution in [0, 0.1) is 0 Å². The lowest BCUT2D eigenvalue weighted by atomic mass is 10.4. The zero-order valence-corrected chi connectivity index (χ0v) is 7.54. The Labute approximate surface area is 76.9 Å². The van der Waals surface area contributed by atoms with Crippen LogP contribution in [0.4, 0.5) is 0 Å². The van der Waals surface area contributed by atoms with Crippen molar-refractivity contribution in [3.8, 4) is 0 Å². The summed E-state index contributed by atoms with van der Waals surface area (Å²) in [6.45, 7) is 0. The number of nitrogens with two attached hydrogens (primary N) is 2. The molecule has 1 aromatic rings. The van der Waals surface area contributed by atoms with Gasteiger partial charge in [-0.3, -0.25) is 0 Å². The molecular weight excluding hydrogens is 207 g/mol. The van der Waals surface area contributed by atoms with Gasteiger partial charge < -0.3 is 11.6 Å². The Bertz CT molecular complexity index is 294. The van der Waals surface area contributed by atoms with Crippen LogP contribution in [-0.2, 0) is 0 Å². The van der Waals surface area contributed by atoms with E-state index in [0.29, 0.717) is 15.1 Å². The molecule has 0 saturated carbocycles. The Morgan fingerprint density at radius 3 is 2.55 bits per heavy atom. The molecule has 0 spiro atoms. The molecule has 4 nitrogen and oxygen atoms in total. The topological polar surface area (TPSA) is 77.3 Å². The summed E-state index contributed by atoms with van der Waals surface area (Å²) in [6, 6.07) is 0. The number of nitrogens with zero attached hydrogens (tertiary/aromatic N) is 2. The maximum Gasteiger partial charge on any atom is 0.171 e. The van der Waals surface area contributed by atoms with Crippen molar-refractivity contribution < 1.29 is 0 Å². The lowest BCUT2D eigenvalue weighted by Crippen LogP contribution is -2.16. The SMILES string of the molecule is NN=C(N)c1nsc(Cl)c1Cl. The van der Waals surface area contributed by atoms with Crippen molar-refractivity contribution in [2.75, 3.05) is 0 Å². The van der Waals surface area contributed by atoms with E-state index in [1.165, 1.54) is 0 Å². The number of aromatic nitrogens is 1. The molecule has 0 fully saturated rings. The first-order chi connectivity index (χ1) is 5.16. The van der Waals surface area contributed by atoms with E-state index in [2.05, 4.69) is 9.47 Å². The first-order valence-corrected chi connectivity index (χ1v) is 4.04. The van der Waals surface area contributed by atoms with Crippen molar-refractivity contribution >= 4 is 40.6 Å². The third-order valence-electron chi connectivity index (χ3n) is 0.979. The second-order valence-corrected chi connectivity index (χ2v) is 3.39.